The van der Waals surface area contributed by atoms with Crippen molar-refractivity contribution in [3.63, 3.8) is 0 Å². The van der Waals surface area contributed by atoms with Gasteiger partial charge in [0.05, 0.1) is 14.9 Å². The van der Waals surface area contributed by atoms with Crippen LogP contribution in [0.25, 0.3) is 20.3 Å². The first-order chi connectivity index (χ1) is 7.66. The Balaban J connectivity index is 2.61. The smallest absolute Gasteiger partial charge is 0.216 e. The third-order valence-corrected chi connectivity index (χ3v) is 3.99. The third-order valence-electron chi connectivity index (χ3n) is 2.22. The molecule has 0 radical (unpaired) electrons. The van der Waals surface area contributed by atoms with Gasteiger partial charge in [-0.2, -0.15) is 0 Å². The molecule has 0 unspecified atom stereocenters. The Morgan fingerprint density at radius 1 is 1.12 bits per heavy atom. The second-order valence-electron chi connectivity index (χ2n) is 3.18. The minimum absolute atomic E-state index is 0.0708. The molecule has 0 amide bonds. The molecule has 0 saturated heterocycles. The summed E-state index contributed by atoms with van der Waals surface area (Å²) in [5, 5.41) is 1.04. The predicted octanol–water partition coefficient (Wildman–Crippen LogP) is 4.29. The Hall–Kier alpha value is -0.970. The lowest BCUT2D eigenvalue weighted by molar-refractivity contribution is 0.642. The highest BCUT2D eigenvalue weighted by molar-refractivity contribution is 7.26. The molecular formula is C10H3Cl2FN2S. The summed E-state index contributed by atoms with van der Waals surface area (Å²) in [7, 11) is 0. The van der Waals surface area contributed by atoms with Gasteiger partial charge in [0.1, 0.15) is 5.82 Å². The summed E-state index contributed by atoms with van der Waals surface area (Å²) in [5.41, 5.74) is 0.601. The quantitative estimate of drug-likeness (QED) is 0.451. The first-order valence-electron chi connectivity index (χ1n) is 4.36. The molecule has 0 aliphatic heterocycles. The Bertz CT molecular complexity index is 711. The van der Waals surface area contributed by atoms with Gasteiger partial charge in [0, 0.05) is 5.39 Å². The number of hydrogen-bond donors (Lipinski definition) is 0. The zero-order chi connectivity index (χ0) is 11.3. The number of hydrogen-bond acceptors (Lipinski definition) is 3. The normalized spacial score (nSPS) is 11.4. The van der Waals surface area contributed by atoms with Crippen LogP contribution in [0.5, 0.6) is 0 Å². The van der Waals surface area contributed by atoms with Crippen LogP contribution < -0.4 is 0 Å². The second kappa shape index (κ2) is 3.52. The molecule has 0 N–H and O–H groups in total. The summed E-state index contributed by atoms with van der Waals surface area (Å²) in [6, 6.07) is 4.82. The Morgan fingerprint density at radius 3 is 2.75 bits per heavy atom. The molecule has 2 heterocycles. The maximum absolute atomic E-state index is 13.5. The number of benzene rings is 1. The van der Waals surface area contributed by atoms with Crippen LogP contribution in [0, 0.1) is 5.82 Å². The van der Waals surface area contributed by atoms with Gasteiger partial charge in [-0.05, 0) is 17.7 Å². The van der Waals surface area contributed by atoms with E-state index in [1.165, 1.54) is 17.4 Å². The zero-order valence-corrected chi connectivity index (χ0v) is 10.00. The minimum atomic E-state index is -0.285. The fourth-order valence-corrected chi connectivity index (χ4v) is 3.10. The summed E-state index contributed by atoms with van der Waals surface area (Å²) >= 11 is 12.9. The van der Waals surface area contributed by atoms with Crippen molar-refractivity contribution < 1.29 is 4.39 Å². The molecule has 0 bridgehead atoms. The van der Waals surface area contributed by atoms with Gasteiger partial charge in [-0.25, -0.2) is 14.4 Å². The van der Waals surface area contributed by atoms with Crippen molar-refractivity contribution in [2.24, 2.45) is 0 Å². The number of fused-ring (bicyclic) bond motifs is 3. The lowest BCUT2D eigenvalue weighted by Crippen LogP contribution is -1.82. The fraction of sp³-hybridized carbons (Fsp3) is 0. The molecule has 0 atom stereocenters. The molecule has 3 rings (SSSR count). The minimum Gasteiger partial charge on any atom is -0.216 e. The monoisotopic (exact) mass is 272 g/mol. The van der Waals surface area contributed by atoms with Gasteiger partial charge in [0.25, 0.3) is 0 Å². The zero-order valence-electron chi connectivity index (χ0n) is 7.67. The summed E-state index contributed by atoms with van der Waals surface area (Å²) in [6.45, 7) is 0. The molecule has 0 aliphatic carbocycles. The van der Waals surface area contributed by atoms with Crippen LogP contribution >= 0.6 is 34.5 Å². The topological polar surface area (TPSA) is 25.8 Å². The van der Waals surface area contributed by atoms with Crippen LogP contribution in [0.2, 0.25) is 10.4 Å². The van der Waals surface area contributed by atoms with E-state index >= 15 is 0 Å². The van der Waals surface area contributed by atoms with E-state index in [1.54, 1.807) is 12.1 Å². The Labute approximate surface area is 104 Å². The maximum atomic E-state index is 13.5. The van der Waals surface area contributed by atoms with Crippen molar-refractivity contribution in [2.45, 2.75) is 0 Å². The van der Waals surface area contributed by atoms with Crippen molar-refractivity contribution in [3.05, 3.63) is 34.5 Å². The van der Waals surface area contributed by atoms with Crippen molar-refractivity contribution >= 4 is 54.8 Å². The van der Waals surface area contributed by atoms with Crippen molar-refractivity contribution in [1.29, 1.82) is 0 Å². The van der Waals surface area contributed by atoms with Crippen LogP contribution in [-0.4, -0.2) is 9.97 Å². The van der Waals surface area contributed by atoms with Gasteiger partial charge in [0.15, 0.2) is 5.15 Å². The van der Waals surface area contributed by atoms with Crippen LogP contribution in [-0.2, 0) is 0 Å². The Morgan fingerprint density at radius 2 is 1.94 bits per heavy atom. The van der Waals surface area contributed by atoms with Gasteiger partial charge < -0.3 is 0 Å². The average molecular weight is 273 g/mol. The highest BCUT2D eigenvalue weighted by Crippen LogP contribution is 2.37. The number of thiophene rings is 1. The molecule has 0 spiro atoms. The summed E-state index contributed by atoms with van der Waals surface area (Å²) in [6.07, 6.45) is 0. The van der Waals surface area contributed by atoms with Crippen LogP contribution in [0.1, 0.15) is 0 Å². The molecule has 0 saturated carbocycles. The first-order valence-corrected chi connectivity index (χ1v) is 5.94. The molecule has 3 aromatic rings. The summed E-state index contributed by atoms with van der Waals surface area (Å²) in [5.74, 6) is -0.285. The average Bonchev–Trinajstić information content (AvgIpc) is 2.59. The number of aromatic nitrogens is 2. The van der Waals surface area contributed by atoms with E-state index in [2.05, 4.69) is 9.97 Å². The van der Waals surface area contributed by atoms with Crippen molar-refractivity contribution in [2.75, 3.05) is 0 Å². The first kappa shape index (κ1) is 10.2. The molecule has 2 aromatic heterocycles. The standard InChI is InChI=1S/C10H3Cl2FN2S/c11-9-8-6(14-10(12)15-9)4-2-1-3-5(13)7(4)16-8/h1-3H. The van der Waals surface area contributed by atoms with Crippen LogP contribution in [0.4, 0.5) is 4.39 Å². The van der Waals surface area contributed by atoms with E-state index in [9.17, 15) is 4.39 Å². The highest BCUT2D eigenvalue weighted by Gasteiger charge is 2.13. The Kier molecular flexibility index (Phi) is 2.24. The molecular weight excluding hydrogens is 270 g/mol. The molecule has 0 fully saturated rings. The largest absolute Gasteiger partial charge is 0.224 e. The lowest BCUT2D eigenvalue weighted by atomic mass is 10.2. The number of rotatable bonds is 0. The third kappa shape index (κ3) is 1.38. The molecule has 2 nitrogen and oxygen atoms in total. The number of nitrogens with zero attached hydrogens (tertiary/aromatic N) is 2. The second-order valence-corrected chi connectivity index (χ2v) is 4.90. The van der Waals surface area contributed by atoms with E-state index in [0.717, 1.165) is 0 Å². The van der Waals surface area contributed by atoms with Crippen molar-refractivity contribution in [3.8, 4) is 0 Å². The molecule has 0 aliphatic rings. The molecule has 6 heteroatoms. The number of halogens is 3. The van der Waals surface area contributed by atoms with Gasteiger partial charge in [-0.15, -0.1) is 11.3 Å². The summed E-state index contributed by atoms with van der Waals surface area (Å²) in [4.78, 5) is 7.91. The van der Waals surface area contributed by atoms with Gasteiger partial charge >= 0.3 is 0 Å². The highest BCUT2D eigenvalue weighted by atomic mass is 35.5. The van der Waals surface area contributed by atoms with E-state index in [0.29, 0.717) is 20.3 Å². The predicted molar refractivity (Wildman–Crippen MR) is 64.9 cm³/mol. The van der Waals surface area contributed by atoms with Crippen molar-refractivity contribution in [1.82, 2.24) is 9.97 Å². The molecule has 80 valence electrons. The van der Waals surface area contributed by atoms with E-state index in [-0.39, 0.29) is 16.3 Å². The van der Waals surface area contributed by atoms with Gasteiger partial charge in [-0.1, -0.05) is 23.7 Å². The van der Waals surface area contributed by atoms with Gasteiger partial charge in [0.2, 0.25) is 5.28 Å². The van der Waals surface area contributed by atoms with E-state index in [1.807, 2.05) is 0 Å². The lowest BCUT2D eigenvalue weighted by Gasteiger charge is -1.93. The van der Waals surface area contributed by atoms with E-state index < -0.39 is 0 Å². The van der Waals surface area contributed by atoms with Crippen LogP contribution in [0.3, 0.4) is 0 Å². The molecule has 16 heavy (non-hydrogen) atoms. The van der Waals surface area contributed by atoms with Gasteiger partial charge in [-0.3, -0.25) is 0 Å². The fourth-order valence-electron chi connectivity index (χ4n) is 1.57. The van der Waals surface area contributed by atoms with E-state index in [4.69, 9.17) is 23.2 Å². The SMILES string of the molecule is Fc1cccc2c1sc1c(Cl)nc(Cl)nc12. The molecule has 1 aromatic carbocycles. The maximum Gasteiger partial charge on any atom is 0.224 e. The van der Waals surface area contributed by atoms with Crippen LogP contribution in [0.15, 0.2) is 18.2 Å². The summed E-state index contributed by atoms with van der Waals surface area (Å²) < 4.78 is 14.7.